The van der Waals surface area contributed by atoms with Crippen LogP contribution in [-0.4, -0.2) is 77.9 Å². The standard InChI is InChI=1S/C12H18N6O6S/c19-12-17-7-8(18(12)24-25(20,21)22)1-2-9(17)10-14-15-11(23-10)16-5-3-13-4-6-16/h8-9,13H,1-7H2,(H,20,21,22)/t8-,9-/m0/s1. The number of piperidine rings is 1. The maximum absolute atomic E-state index is 12.4. The average Bonchev–Trinajstić information content (AvgIpc) is 3.16. The van der Waals surface area contributed by atoms with E-state index in [2.05, 4.69) is 19.8 Å². The summed E-state index contributed by atoms with van der Waals surface area (Å²) in [6.07, 6.45) is 1.03. The SMILES string of the molecule is O=C1N2C[C@H](CC[C@H]2c2nnc(N3CCNCC3)o2)N1OS(=O)(=O)O. The largest absolute Gasteiger partial charge is 0.418 e. The quantitative estimate of drug-likeness (QED) is 0.640. The molecule has 0 aromatic carbocycles. The highest BCUT2D eigenvalue weighted by atomic mass is 32.3. The zero-order chi connectivity index (χ0) is 17.6. The number of anilines is 1. The van der Waals surface area contributed by atoms with Gasteiger partial charge < -0.3 is 19.5 Å². The van der Waals surface area contributed by atoms with E-state index in [4.69, 9.17) is 8.97 Å². The van der Waals surface area contributed by atoms with Crippen LogP contribution in [0.4, 0.5) is 10.8 Å². The lowest BCUT2D eigenvalue weighted by atomic mass is 10.0. The molecule has 4 heterocycles. The van der Waals surface area contributed by atoms with Crippen LogP contribution in [-0.2, 0) is 14.7 Å². The van der Waals surface area contributed by atoms with Gasteiger partial charge in [-0.05, 0) is 12.8 Å². The summed E-state index contributed by atoms with van der Waals surface area (Å²) in [5.41, 5.74) is 0. The molecule has 2 amide bonds. The number of hydrogen-bond donors (Lipinski definition) is 2. The van der Waals surface area contributed by atoms with Gasteiger partial charge in [-0.2, -0.15) is 13.5 Å². The van der Waals surface area contributed by atoms with Crippen LogP contribution in [0.25, 0.3) is 0 Å². The van der Waals surface area contributed by atoms with Crippen LogP contribution in [0, 0.1) is 0 Å². The summed E-state index contributed by atoms with van der Waals surface area (Å²) in [7, 11) is -4.76. The molecule has 0 saturated carbocycles. The third kappa shape index (κ3) is 3.15. The van der Waals surface area contributed by atoms with Crippen molar-refractivity contribution in [2.45, 2.75) is 24.9 Å². The van der Waals surface area contributed by atoms with Gasteiger partial charge in [0.25, 0.3) is 0 Å². The average molecular weight is 374 g/mol. The molecule has 3 aliphatic heterocycles. The van der Waals surface area contributed by atoms with Gasteiger partial charge in [-0.25, -0.2) is 4.79 Å². The van der Waals surface area contributed by atoms with E-state index in [1.807, 2.05) is 4.90 Å². The van der Waals surface area contributed by atoms with Gasteiger partial charge in [0, 0.05) is 32.7 Å². The Hall–Kier alpha value is -1.96. The minimum Gasteiger partial charge on any atom is -0.406 e. The lowest BCUT2D eigenvalue weighted by molar-refractivity contribution is -0.0317. The predicted molar refractivity (Wildman–Crippen MR) is 81.7 cm³/mol. The van der Waals surface area contributed by atoms with Crippen LogP contribution in [0.3, 0.4) is 0 Å². The number of rotatable bonds is 4. The van der Waals surface area contributed by atoms with E-state index in [1.165, 1.54) is 4.90 Å². The number of hydrogen-bond acceptors (Lipinski definition) is 9. The Labute approximate surface area is 143 Å². The summed E-state index contributed by atoms with van der Waals surface area (Å²) < 4.78 is 40.8. The molecular weight excluding hydrogens is 356 g/mol. The Morgan fingerprint density at radius 2 is 2.00 bits per heavy atom. The Kier molecular flexibility index (Phi) is 4.02. The molecule has 0 spiro atoms. The summed E-state index contributed by atoms with van der Waals surface area (Å²) in [6, 6.07) is -1.12. The Balaban J connectivity index is 1.51. The molecule has 1 aromatic heterocycles. The molecule has 3 aliphatic rings. The van der Waals surface area contributed by atoms with Crippen molar-refractivity contribution in [2.24, 2.45) is 0 Å². The maximum Gasteiger partial charge on any atom is 0.418 e. The number of carbonyl (C=O) groups excluding carboxylic acids is 1. The maximum atomic E-state index is 12.4. The van der Waals surface area contributed by atoms with Crippen molar-refractivity contribution in [3.8, 4) is 0 Å². The first-order valence-electron chi connectivity index (χ1n) is 7.98. The number of piperazine rings is 1. The fourth-order valence-electron chi connectivity index (χ4n) is 3.43. The molecule has 3 fully saturated rings. The van der Waals surface area contributed by atoms with Crippen LogP contribution in [0.15, 0.2) is 4.42 Å². The second-order valence-corrected chi connectivity index (χ2v) is 7.17. The molecule has 25 heavy (non-hydrogen) atoms. The van der Waals surface area contributed by atoms with Gasteiger partial charge in [0.15, 0.2) is 0 Å². The molecule has 2 N–H and O–H groups in total. The van der Waals surface area contributed by atoms with Crippen LogP contribution in [0.1, 0.15) is 24.8 Å². The number of urea groups is 1. The number of carbonyl (C=O) groups is 1. The molecule has 0 radical (unpaired) electrons. The van der Waals surface area contributed by atoms with Gasteiger partial charge in [0.05, 0.1) is 6.04 Å². The normalized spacial score (nSPS) is 27.2. The topological polar surface area (TPSA) is 141 Å². The zero-order valence-electron chi connectivity index (χ0n) is 13.2. The van der Waals surface area contributed by atoms with Crippen LogP contribution in [0.2, 0.25) is 0 Å². The Morgan fingerprint density at radius 3 is 2.72 bits per heavy atom. The number of fused-ring (bicyclic) bond motifs is 2. The van der Waals surface area contributed by atoms with Gasteiger partial charge in [-0.1, -0.05) is 5.10 Å². The molecule has 2 bridgehead atoms. The first-order valence-corrected chi connectivity index (χ1v) is 9.35. The fourth-order valence-corrected chi connectivity index (χ4v) is 3.82. The number of hydroxylamine groups is 2. The molecule has 0 aliphatic carbocycles. The number of nitrogens with one attached hydrogen (secondary N) is 1. The highest BCUT2D eigenvalue weighted by Gasteiger charge is 2.49. The highest BCUT2D eigenvalue weighted by molar-refractivity contribution is 7.80. The molecule has 4 rings (SSSR count). The van der Waals surface area contributed by atoms with Crippen molar-refractivity contribution in [3.63, 3.8) is 0 Å². The van der Waals surface area contributed by atoms with Gasteiger partial charge in [-0.3, -0.25) is 4.55 Å². The van der Waals surface area contributed by atoms with Crippen molar-refractivity contribution < 1.29 is 26.5 Å². The summed E-state index contributed by atoms with van der Waals surface area (Å²) in [6.45, 7) is 3.44. The third-order valence-electron chi connectivity index (χ3n) is 4.60. The van der Waals surface area contributed by atoms with E-state index in [0.717, 1.165) is 26.2 Å². The van der Waals surface area contributed by atoms with E-state index in [0.29, 0.717) is 29.8 Å². The molecule has 138 valence electrons. The van der Waals surface area contributed by atoms with Gasteiger partial charge >= 0.3 is 22.4 Å². The van der Waals surface area contributed by atoms with Crippen molar-refractivity contribution >= 4 is 22.4 Å². The lowest BCUT2D eigenvalue weighted by Gasteiger charge is -2.28. The van der Waals surface area contributed by atoms with Crippen LogP contribution >= 0.6 is 0 Å². The van der Waals surface area contributed by atoms with Crippen LogP contribution < -0.4 is 10.2 Å². The summed E-state index contributed by atoms with van der Waals surface area (Å²) in [4.78, 5) is 15.8. The highest BCUT2D eigenvalue weighted by Crippen LogP contribution is 2.38. The minimum atomic E-state index is -4.76. The van der Waals surface area contributed by atoms with E-state index in [-0.39, 0.29) is 6.54 Å². The second kappa shape index (κ2) is 6.09. The monoisotopic (exact) mass is 374 g/mol. The minimum absolute atomic E-state index is 0.268. The number of aromatic nitrogens is 2. The Bertz CT molecular complexity index is 762. The van der Waals surface area contributed by atoms with Gasteiger partial charge in [0.2, 0.25) is 5.89 Å². The number of amides is 2. The molecule has 1 aromatic rings. The molecule has 2 atom stereocenters. The van der Waals surface area contributed by atoms with Gasteiger partial charge in [0.1, 0.15) is 6.04 Å². The first kappa shape index (κ1) is 16.5. The predicted octanol–water partition coefficient (Wildman–Crippen LogP) is -0.845. The van der Waals surface area contributed by atoms with E-state index < -0.39 is 28.5 Å². The van der Waals surface area contributed by atoms with Gasteiger partial charge in [-0.15, -0.1) is 9.38 Å². The number of nitrogens with zero attached hydrogens (tertiary/aromatic N) is 5. The first-order chi connectivity index (χ1) is 11.9. The molecule has 12 nitrogen and oxygen atoms in total. The summed E-state index contributed by atoms with van der Waals surface area (Å²) in [5.74, 6) is 0.314. The van der Waals surface area contributed by atoms with Crippen LogP contribution in [0.5, 0.6) is 0 Å². The zero-order valence-corrected chi connectivity index (χ0v) is 14.1. The molecule has 0 unspecified atom stereocenters. The third-order valence-corrected chi connectivity index (χ3v) is 4.95. The van der Waals surface area contributed by atoms with Crippen molar-refractivity contribution in [2.75, 3.05) is 37.6 Å². The van der Waals surface area contributed by atoms with E-state index in [1.54, 1.807) is 0 Å². The second-order valence-electron chi connectivity index (χ2n) is 6.17. The summed E-state index contributed by atoms with van der Waals surface area (Å²) >= 11 is 0. The molecule has 3 saturated heterocycles. The summed E-state index contributed by atoms with van der Waals surface area (Å²) in [5, 5.41) is 12.1. The lowest BCUT2D eigenvalue weighted by Crippen LogP contribution is -2.43. The Morgan fingerprint density at radius 1 is 1.24 bits per heavy atom. The smallest absolute Gasteiger partial charge is 0.406 e. The van der Waals surface area contributed by atoms with Crippen molar-refractivity contribution in [1.82, 2.24) is 25.5 Å². The van der Waals surface area contributed by atoms with E-state index in [9.17, 15) is 13.2 Å². The fraction of sp³-hybridized carbons (Fsp3) is 0.750. The molecular formula is C12H18N6O6S. The van der Waals surface area contributed by atoms with E-state index >= 15 is 0 Å². The van der Waals surface area contributed by atoms with Crippen molar-refractivity contribution in [1.29, 1.82) is 0 Å². The van der Waals surface area contributed by atoms with Crippen molar-refractivity contribution in [3.05, 3.63) is 5.89 Å². The molecule has 13 heteroatoms.